The summed E-state index contributed by atoms with van der Waals surface area (Å²) in [6.07, 6.45) is 0.631. The number of nitrogens with zero attached hydrogens (tertiary/aromatic N) is 3. The van der Waals surface area contributed by atoms with E-state index in [4.69, 9.17) is 9.47 Å². The van der Waals surface area contributed by atoms with Crippen molar-refractivity contribution in [3.8, 4) is 0 Å². The Morgan fingerprint density at radius 3 is 2.16 bits per heavy atom. The van der Waals surface area contributed by atoms with Crippen molar-refractivity contribution < 1.29 is 19.1 Å². The Hall–Kier alpha value is -2.57. The molecule has 0 aliphatic carbocycles. The third-order valence-corrected chi connectivity index (χ3v) is 3.13. The second-order valence-corrected chi connectivity index (χ2v) is 7.78. The maximum Gasteiger partial charge on any atom is 0.419 e. The lowest BCUT2D eigenvalue weighted by atomic mass is 10.2. The van der Waals surface area contributed by atoms with Gasteiger partial charge in [0, 0.05) is 13.2 Å². The molecule has 7 nitrogen and oxygen atoms in total. The maximum atomic E-state index is 12.2. The Bertz CT molecular complexity index is 797. The molecule has 7 heteroatoms. The van der Waals surface area contributed by atoms with Crippen molar-refractivity contribution >= 4 is 29.0 Å². The Morgan fingerprint density at radius 2 is 1.60 bits per heavy atom. The van der Waals surface area contributed by atoms with Crippen LogP contribution in [-0.2, 0) is 9.47 Å². The molecule has 2 heterocycles. The molecule has 136 valence electrons. The molecule has 0 aliphatic heterocycles. The van der Waals surface area contributed by atoms with Crippen LogP contribution in [0.2, 0.25) is 0 Å². The van der Waals surface area contributed by atoms with E-state index in [1.165, 1.54) is 9.47 Å². The summed E-state index contributed by atoms with van der Waals surface area (Å²) in [6.45, 7) is 10.8. The summed E-state index contributed by atoms with van der Waals surface area (Å²) in [5.41, 5.74) is 0.0161. The number of carbonyl (C=O) groups is 2. The maximum absolute atomic E-state index is 12.2. The largest absolute Gasteiger partial charge is 0.443 e. The van der Waals surface area contributed by atoms with Gasteiger partial charge in [-0.05, 0) is 59.7 Å². The van der Waals surface area contributed by atoms with Gasteiger partial charge >= 0.3 is 12.2 Å². The summed E-state index contributed by atoms with van der Waals surface area (Å²) in [7, 11) is 1.59. The topological polar surface area (TPSA) is 73.7 Å². The molecule has 0 saturated carbocycles. The van der Waals surface area contributed by atoms with Crippen LogP contribution < -0.4 is 4.90 Å². The lowest BCUT2D eigenvalue weighted by Gasteiger charge is -2.24. The number of carbonyl (C=O) groups excluding carboxylic acids is 2. The van der Waals surface area contributed by atoms with Crippen molar-refractivity contribution in [1.29, 1.82) is 0 Å². The fourth-order valence-electron chi connectivity index (χ4n) is 2.09. The predicted octanol–water partition coefficient (Wildman–Crippen LogP) is 4.19. The van der Waals surface area contributed by atoms with Crippen LogP contribution in [-0.4, -0.2) is 40.0 Å². The molecular formula is C18H25N3O4. The van der Waals surface area contributed by atoms with E-state index in [0.717, 1.165) is 0 Å². The van der Waals surface area contributed by atoms with Gasteiger partial charge in [0.25, 0.3) is 0 Å². The monoisotopic (exact) mass is 347 g/mol. The fraction of sp³-hybridized carbons (Fsp3) is 0.500. The third kappa shape index (κ3) is 4.71. The molecule has 0 saturated heterocycles. The molecule has 0 atom stereocenters. The Balaban J connectivity index is 2.27. The van der Waals surface area contributed by atoms with Crippen molar-refractivity contribution in [3.63, 3.8) is 0 Å². The summed E-state index contributed by atoms with van der Waals surface area (Å²) in [5.74, 6) is 0.434. The Morgan fingerprint density at radius 1 is 1.00 bits per heavy atom. The van der Waals surface area contributed by atoms with Crippen molar-refractivity contribution in [2.45, 2.75) is 52.7 Å². The van der Waals surface area contributed by atoms with Crippen molar-refractivity contribution in [2.75, 3.05) is 11.9 Å². The van der Waals surface area contributed by atoms with Gasteiger partial charge in [0.2, 0.25) is 0 Å². The Kier molecular flexibility index (Phi) is 4.79. The van der Waals surface area contributed by atoms with Crippen LogP contribution in [0.1, 0.15) is 41.5 Å². The molecule has 25 heavy (non-hydrogen) atoms. The van der Waals surface area contributed by atoms with Gasteiger partial charge in [-0.15, -0.1) is 0 Å². The number of amides is 1. The summed E-state index contributed by atoms with van der Waals surface area (Å²) in [5, 5.41) is 0. The first-order valence-electron chi connectivity index (χ1n) is 8.05. The van der Waals surface area contributed by atoms with E-state index in [2.05, 4.69) is 4.98 Å². The standard InChI is InChI=1S/C18H25N3O4/c1-17(2,3)24-15(22)20(7)14-9-8-13-12(19-14)10-11-21(13)16(23)25-18(4,5)6/h8-11H,1-7H3. The lowest BCUT2D eigenvalue weighted by Crippen LogP contribution is -2.34. The molecular weight excluding hydrogens is 322 g/mol. The van der Waals surface area contributed by atoms with Gasteiger partial charge in [0.05, 0.1) is 11.0 Å². The van der Waals surface area contributed by atoms with Crippen LogP contribution in [0.15, 0.2) is 24.4 Å². The van der Waals surface area contributed by atoms with Crippen LogP contribution >= 0.6 is 0 Å². The van der Waals surface area contributed by atoms with E-state index < -0.39 is 23.4 Å². The number of rotatable bonds is 1. The molecule has 0 radical (unpaired) electrons. The normalized spacial score (nSPS) is 12.1. The molecule has 1 amide bonds. The van der Waals surface area contributed by atoms with Gasteiger partial charge < -0.3 is 9.47 Å². The molecule has 0 fully saturated rings. The molecule has 2 aromatic heterocycles. The third-order valence-electron chi connectivity index (χ3n) is 3.13. The minimum atomic E-state index is -0.588. The van der Waals surface area contributed by atoms with E-state index in [1.807, 2.05) is 20.8 Å². The van der Waals surface area contributed by atoms with Crippen LogP contribution in [0.4, 0.5) is 15.4 Å². The number of ether oxygens (including phenoxy) is 2. The zero-order chi connectivity index (χ0) is 19.0. The molecule has 0 unspecified atom stereocenters. The van der Waals surface area contributed by atoms with Crippen LogP contribution in [0, 0.1) is 0 Å². The van der Waals surface area contributed by atoms with Gasteiger partial charge in [0.15, 0.2) is 0 Å². The van der Waals surface area contributed by atoms with Crippen LogP contribution in [0.5, 0.6) is 0 Å². The summed E-state index contributed by atoms with van der Waals surface area (Å²) in [4.78, 5) is 30.1. The number of fused-ring (bicyclic) bond motifs is 1. The highest BCUT2D eigenvalue weighted by molar-refractivity contribution is 5.91. The summed E-state index contributed by atoms with van der Waals surface area (Å²) < 4.78 is 12.1. The number of hydrogen-bond acceptors (Lipinski definition) is 5. The molecule has 2 rings (SSSR count). The first-order valence-corrected chi connectivity index (χ1v) is 8.05. The summed E-state index contributed by atoms with van der Waals surface area (Å²) >= 11 is 0. The quantitative estimate of drug-likeness (QED) is 0.773. The van der Waals surface area contributed by atoms with Crippen molar-refractivity contribution in [2.24, 2.45) is 0 Å². The zero-order valence-corrected chi connectivity index (χ0v) is 15.8. The molecule has 2 aromatic rings. The fourth-order valence-corrected chi connectivity index (χ4v) is 2.09. The van der Waals surface area contributed by atoms with Gasteiger partial charge in [-0.25, -0.2) is 14.6 Å². The first kappa shape index (κ1) is 18.8. The molecule has 0 bridgehead atoms. The smallest absolute Gasteiger partial charge is 0.419 e. The number of hydrogen-bond donors (Lipinski definition) is 0. The van der Waals surface area contributed by atoms with Crippen LogP contribution in [0.3, 0.4) is 0 Å². The van der Waals surface area contributed by atoms with Gasteiger partial charge in [-0.1, -0.05) is 0 Å². The second kappa shape index (κ2) is 6.38. The Labute approximate surface area is 147 Å². The highest BCUT2D eigenvalue weighted by Gasteiger charge is 2.23. The lowest BCUT2D eigenvalue weighted by molar-refractivity contribution is 0.0541. The van der Waals surface area contributed by atoms with Gasteiger partial charge in [-0.2, -0.15) is 0 Å². The van der Waals surface area contributed by atoms with Gasteiger partial charge in [0.1, 0.15) is 17.0 Å². The molecule has 0 aromatic carbocycles. The molecule has 0 spiro atoms. The first-order chi connectivity index (χ1) is 11.4. The van der Waals surface area contributed by atoms with Gasteiger partial charge in [-0.3, -0.25) is 9.47 Å². The number of anilines is 1. The average molecular weight is 347 g/mol. The second-order valence-electron chi connectivity index (χ2n) is 7.78. The highest BCUT2D eigenvalue weighted by atomic mass is 16.6. The van der Waals surface area contributed by atoms with E-state index in [1.54, 1.807) is 52.2 Å². The minimum absolute atomic E-state index is 0.434. The minimum Gasteiger partial charge on any atom is -0.443 e. The zero-order valence-electron chi connectivity index (χ0n) is 15.8. The number of pyridine rings is 1. The van der Waals surface area contributed by atoms with Crippen LogP contribution in [0.25, 0.3) is 11.0 Å². The van der Waals surface area contributed by atoms with Crippen molar-refractivity contribution in [1.82, 2.24) is 9.55 Å². The summed E-state index contributed by atoms with van der Waals surface area (Å²) in [6, 6.07) is 5.08. The van der Waals surface area contributed by atoms with E-state index in [0.29, 0.717) is 16.9 Å². The molecule has 0 aliphatic rings. The van der Waals surface area contributed by atoms with Crippen molar-refractivity contribution in [3.05, 3.63) is 24.4 Å². The SMILES string of the molecule is CN(C(=O)OC(C)(C)C)c1ccc2c(ccn2C(=O)OC(C)(C)C)n1. The van der Waals surface area contributed by atoms with E-state index >= 15 is 0 Å². The highest BCUT2D eigenvalue weighted by Crippen LogP contribution is 2.21. The predicted molar refractivity (Wildman–Crippen MR) is 96.0 cm³/mol. The van der Waals surface area contributed by atoms with E-state index in [9.17, 15) is 9.59 Å². The average Bonchev–Trinajstić information content (AvgIpc) is 2.85. The molecule has 0 N–H and O–H groups in total. The number of aromatic nitrogens is 2. The van der Waals surface area contributed by atoms with E-state index in [-0.39, 0.29) is 0 Å².